The van der Waals surface area contributed by atoms with Gasteiger partial charge in [-0.15, -0.1) is 0 Å². The number of benzene rings is 3. The maximum absolute atomic E-state index is 13.8. The number of rotatable bonds is 6. The summed E-state index contributed by atoms with van der Waals surface area (Å²) in [6, 6.07) is 23.2. The van der Waals surface area contributed by atoms with E-state index in [0.29, 0.717) is 25.1 Å². The second-order valence-electron chi connectivity index (χ2n) is 8.72. The molecule has 0 bridgehead atoms. The third-order valence-corrected chi connectivity index (χ3v) is 8.18. The van der Waals surface area contributed by atoms with Crippen LogP contribution in [0, 0.1) is 24.7 Å². The van der Waals surface area contributed by atoms with Crippen LogP contribution in [0.3, 0.4) is 0 Å². The van der Waals surface area contributed by atoms with Gasteiger partial charge in [0.1, 0.15) is 4.70 Å². The van der Waals surface area contributed by atoms with Gasteiger partial charge in [-0.05, 0) is 68.9 Å². The Morgan fingerprint density at radius 3 is 2.27 bits per heavy atom. The standard InChI is InChI=1S/C28H24N4O2S3/c1-17-8-12-20(13-9-17)29-23(33)16-36-27-30-25-24(26(34)31(27)21-14-10-18(2)11-15-21)37-28(35)32(25)22-7-5-4-6-19(22)3/h4-15H,16H2,1-3H3,(H,29,33). The van der Waals surface area contributed by atoms with Crippen molar-refractivity contribution in [1.82, 2.24) is 14.1 Å². The van der Waals surface area contributed by atoms with E-state index in [1.54, 1.807) is 4.57 Å². The van der Waals surface area contributed by atoms with Gasteiger partial charge in [0.25, 0.3) is 5.56 Å². The zero-order chi connectivity index (χ0) is 26.1. The molecular weight excluding hydrogens is 521 g/mol. The molecule has 0 spiro atoms. The number of carbonyl (C=O) groups excluding carboxylic acids is 1. The highest BCUT2D eigenvalue weighted by Crippen LogP contribution is 2.28. The minimum absolute atomic E-state index is 0.0902. The Hall–Kier alpha value is -3.53. The fourth-order valence-corrected chi connectivity index (χ4v) is 6.04. The third kappa shape index (κ3) is 5.16. The molecular formula is C28H24N4O2S3. The van der Waals surface area contributed by atoms with E-state index in [1.165, 1.54) is 23.1 Å². The van der Waals surface area contributed by atoms with E-state index in [1.807, 2.05) is 98.1 Å². The normalized spacial score (nSPS) is 11.1. The first-order valence-corrected chi connectivity index (χ1v) is 13.8. The van der Waals surface area contributed by atoms with Gasteiger partial charge in [-0.1, -0.05) is 76.7 Å². The van der Waals surface area contributed by atoms with Gasteiger partial charge >= 0.3 is 0 Å². The van der Waals surface area contributed by atoms with Crippen LogP contribution in [0.2, 0.25) is 0 Å². The molecule has 0 saturated carbocycles. The molecule has 2 aromatic heterocycles. The van der Waals surface area contributed by atoms with Gasteiger partial charge < -0.3 is 5.32 Å². The van der Waals surface area contributed by atoms with Crippen LogP contribution in [0.5, 0.6) is 0 Å². The van der Waals surface area contributed by atoms with E-state index in [2.05, 4.69) is 5.32 Å². The molecule has 6 nitrogen and oxygen atoms in total. The summed E-state index contributed by atoms with van der Waals surface area (Å²) >= 11 is 8.16. The summed E-state index contributed by atoms with van der Waals surface area (Å²) in [6.45, 7) is 5.99. The predicted octanol–water partition coefficient (Wildman–Crippen LogP) is 6.62. The average molecular weight is 545 g/mol. The Bertz CT molecular complexity index is 1730. The highest BCUT2D eigenvalue weighted by atomic mass is 32.2. The summed E-state index contributed by atoms with van der Waals surface area (Å²) in [5.41, 5.74) is 5.80. The lowest BCUT2D eigenvalue weighted by Crippen LogP contribution is -2.23. The summed E-state index contributed by atoms with van der Waals surface area (Å²) in [4.78, 5) is 31.5. The molecule has 0 aliphatic carbocycles. The quantitative estimate of drug-likeness (QED) is 0.148. The molecule has 9 heteroatoms. The van der Waals surface area contributed by atoms with Gasteiger partial charge in [-0.2, -0.15) is 0 Å². The van der Waals surface area contributed by atoms with Crippen molar-refractivity contribution in [3.8, 4) is 11.4 Å². The minimum Gasteiger partial charge on any atom is -0.325 e. The molecule has 0 aliphatic heterocycles. The number of aryl methyl sites for hydroxylation is 3. The third-order valence-electron chi connectivity index (χ3n) is 5.89. The predicted molar refractivity (Wildman–Crippen MR) is 155 cm³/mol. The largest absolute Gasteiger partial charge is 0.325 e. The summed E-state index contributed by atoms with van der Waals surface area (Å²) in [6.07, 6.45) is 0. The van der Waals surface area contributed by atoms with Crippen LogP contribution < -0.4 is 10.9 Å². The molecule has 0 aliphatic rings. The van der Waals surface area contributed by atoms with Crippen molar-refractivity contribution in [2.75, 3.05) is 11.1 Å². The number of thiazole rings is 1. The fourth-order valence-electron chi connectivity index (χ4n) is 3.94. The number of carbonyl (C=O) groups is 1. The van der Waals surface area contributed by atoms with Crippen molar-refractivity contribution >= 4 is 57.3 Å². The SMILES string of the molecule is Cc1ccc(NC(=O)CSc2nc3c(sc(=S)n3-c3ccccc3C)c(=O)n2-c2ccc(C)cc2)cc1. The van der Waals surface area contributed by atoms with Crippen molar-refractivity contribution in [3.63, 3.8) is 0 Å². The van der Waals surface area contributed by atoms with Gasteiger partial charge in [-0.25, -0.2) is 4.98 Å². The van der Waals surface area contributed by atoms with E-state index in [4.69, 9.17) is 17.2 Å². The van der Waals surface area contributed by atoms with Crippen molar-refractivity contribution in [3.05, 3.63) is 104 Å². The molecule has 186 valence electrons. The summed E-state index contributed by atoms with van der Waals surface area (Å²) in [5.74, 6) is -0.0906. The number of hydrogen-bond acceptors (Lipinski definition) is 6. The van der Waals surface area contributed by atoms with Crippen molar-refractivity contribution in [2.24, 2.45) is 0 Å². The Balaban J connectivity index is 1.60. The molecule has 0 saturated heterocycles. The van der Waals surface area contributed by atoms with Gasteiger partial charge in [-0.3, -0.25) is 18.7 Å². The molecule has 1 amide bonds. The lowest BCUT2D eigenvalue weighted by molar-refractivity contribution is -0.113. The van der Waals surface area contributed by atoms with E-state index in [-0.39, 0.29) is 17.2 Å². The molecule has 0 atom stereocenters. The molecule has 0 radical (unpaired) electrons. The topological polar surface area (TPSA) is 68.9 Å². The lowest BCUT2D eigenvalue weighted by Gasteiger charge is -2.14. The summed E-state index contributed by atoms with van der Waals surface area (Å²) < 4.78 is 4.44. The van der Waals surface area contributed by atoms with Gasteiger partial charge in [0.15, 0.2) is 14.8 Å². The number of thioether (sulfide) groups is 1. The van der Waals surface area contributed by atoms with Crippen molar-refractivity contribution in [1.29, 1.82) is 0 Å². The van der Waals surface area contributed by atoms with Gasteiger partial charge in [0.05, 0.1) is 17.1 Å². The van der Waals surface area contributed by atoms with Crippen LogP contribution in [0.25, 0.3) is 21.7 Å². The number of nitrogens with one attached hydrogen (secondary N) is 1. The Kier molecular flexibility index (Phi) is 7.10. The monoisotopic (exact) mass is 544 g/mol. The van der Waals surface area contributed by atoms with E-state index in [0.717, 1.165) is 28.1 Å². The molecule has 1 N–H and O–H groups in total. The lowest BCUT2D eigenvalue weighted by atomic mass is 10.2. The van der Waals surface area contributed by atoms with Crippen LogP contribution in [-0.2, 0) is 4.79 Å². The van der Waals surface area contributed by atoms with E-state index < -0.39 is 0 Å². The van der Waals surface area contributed by atoms with Crippen LogP contribution in [-0.4, -0.2) is 25.8 Å². The molecule has 3 aromatic carbocycles. The second kappa shape index (κ2) is 10.5. The van der Waals surface area contributed by atoms with Crippen molar-refractivity contribution < 1.29 is 4.79 Å². The summed E-state index contributed by atoms with van der Waals surface area (Å²) in [5, 5.41) is 3.34. The number of hydrogen-bond donors (Lipinski definition) is 1. The zero-order valence-electron chi connectivity index (χ0n) is 20.5. The molecule has 5 rings (SSSR count). The molecule has 5 aromatic rings. The van der Waals surface area contributed by atoms with Crippen LogP contribution in [0.15, 0.2) is 82.7 Å². The first-order chi connectivity index (χ1) is 17.8. The number of para-hydroxylation sites is 1. The molecule has 37 heavy (non-hydrogen) atoms. The molecule has 2 heterocycles. The average Bonchev–Trinajstić information content (AvgIpc) is 3.21. The number of anilines is 1. The van der Waals surface area contributed by atoms with E-state index >= 15 is 0 Å². The first kappa shape index (κ1) is 25.1. The Morgan fingerprint density at radius 2 is 1.59 bits per heavy atom. The Morgan fingerprint density at radius 1 is 0.946 bits per heavy atom. The number of nitrogens with zero attached hydrogens (tertiary/aromatic N) is 3. The van der Waals surface area contributed by atoms with Crippen LogP contribution in [0.4, 0.5) is 5.69 Å². The van der Waals surface area contributed by atoms with Crippen LogP contribution >= 0.6 is 35.3 Å². The van der Waals surface area contributed by atoms with E-state index in [9.17, 15) is 9.59 Å². The fraction of sp³-hybridized carbons (Fsp3) is 0.143. The van der Waals surface area contributed by atoms with Gasteiger partial charge in [0.2, 0.25) is 5.91 Å². The second-order valence-corrected chi connectivity index (χ2v) is 11.3. The number of amides is 1. The van der Waals surface area contributed by atoms with Gasteiger partial charge in [0, 0.05) is 5.69 Å². The number of fused-ring (bicyclic) bond motifs is 1. The highest BCUT2D eigenvalue weighted by molar-refractivity contribution is 7.99. The molecule has 0 unspecified atom stereocenters. The Labute approximate surface area is 227 Å². The minimum atomic E-state index is -0.210. The molecule has 0 fully saturated rings. The van der Waals surface area contributed by atoms with Crippen molar-refractivity contribution in [2.45, 2.75) is 25.9 Å². The maximum atomic E-state index is 13.8. The zero-order valence-corrected chi connectivity index (χ0v) is 23.0. The first-order valence-electron chi connectivity index (χ1n) is 11.6. The highest BCUT2D eigenvalue weighted by Gasteiger charge is 2.20. The number of aromatic nitrogens is 3. The van der Waals surface area contributed by atoms with Crippen LogP contribution in [0.1, 0.15) is 16.7 Å². The maximum Gasteiger partial charge on any atom is 0.278 e. The smallest absolute Gasteiger partial charge is 0.278 e. The summed E-state index contributed by atoms with van der Waals surface area (Å²) in [7, 11) is 0.